The molecule has 3 aromatic rings. The Hall–Kier alpha value is -2.25. The van der Waals surface area contributed by atoms with Gasteiger partial charge in [-0.05, 0) is 50.5 Å². The standard InChI is InChI=1S/C18H27NO2.C18H25NO.CH4.Na.H2O/c1-3-5-6-7-8-9-14-18(21)19-16-13-11-10-12-15(16)17(20)4-2;1-3-4-5-6-7-8-12-16-14(2)18(20)15-11-9-10-13-17(15)19-16;;;/h10-13H,3-9,14H2,1-2H3,(H,19,21);9-11,13H,3-8,12H2,1-2H3,(H,19,20);1H4;;1H2/q;;;+1;/p-1. The van der Waals surface area contributed by atoms with Crippen molar-refractivity contribution in [3.63, 3.8) is 0 Å². The largest absolute Gasteiger partial charge is 1.00 e. The molecule has 0 bridgehead atoms. The van der Waals surface area contributed by atoms with Gasteiger partial charge in [-0.25, -0.2) is 0 Å². The van der Waals surface area contributed by atoms with Crippen LogP contribution in [-0.2, 0) is 11.2 Å². The van der Waals surface area contributed by atoms with E-state index >= 15 is 0 Å². The number of aryl methyl sites for hydroxylation is 1. The second-order valence-electron chi connectivity index (χ2n) is 11.0. The van der Waals surface area contributed by atoms with Gasteiger partial charge in [0.15, 0.2) is 11.2 Å². The van der Waals surface area contributed by atoms with Crippen LogP contribution >= 0.6 is 0 Å². The van der Waals surface area contributed by atoms with Crippen LogP contribution in [0.25, 0.3) is 10.9 Å². The SMILES string of the molecule is C.CCCCCCCCC(=O)Nc1ccccc1C(=O)CC.CCCCCCCCc1[nH]c2ccccc2c(=O)c1C.[Na+].[OH-]. The topological polar surface area (TPSA) is 109 Å². The van der Waals surface area contributed by atoms with Crippen LogP contribution in [0, 0.1) is 6.92 Å². The second kappa shape index (κ2) is 26.0. The fraction of sp³-hybridized carbons (Fsp3) is 0.541. The number of carbonyl (C=O) groups is 2. The minimum atomic E-state index is 0. The summed E-state index contributed by atoms with van der Waals surface area (Å²) in [7, 11) is 0. The van der Waals surface area contributed by atoms with Gasteiger partial charge >= 0.3 is 29.6 Å². The smallest absolute Gasteiger partial charge is 0.870 e. The Morgan fingerprint density at radius 2 is 1.30 bits per heavy atom. The first-order chi connectivity index (χ1) is 19.9. The number of ketones is 1. The van der Waals surface area contributed by atoms with E-state index in [1.165, 1.54) is 64.2 Å². The molecule has 6 nitrogen and oxygen atoms in total. The number of aromatic nitrogens is 1. The number of unbranched alkanes of at least 4 members (excludes halogenated alkanes) is 10. The van der Waals surface area contributed by atoms with E-state index in [0.29, 0.717) is 24.1 Å². The van der Waals surface area contributed by atoms with Gasteiger partial charge in [0.05, 0.1) is 5.69 Å². The molecule has 0 saturated carbocycles. The minimum Gasteiger partial charge on any atom is -0.870 e. The van der Waals surface area contributed by atoms with Crippen molar-refractivity contribution in [2.75, 3.05) is 5.32 Å². The maximum absolute atomic E-state index is 12.3. The van der Waals surface area contributed by atoms with E-state index in [1.807, 2.05) is 50.2 Å². The average Bonchev–Trinajstić information content (AvgIpc) is 2.99. The Morgan fingerprint density at radius 1 is 0.750 bits per heavy atom. The summed E-state index contributed by atoms with van der Waals surface area (Å²) < 4.78 is 0. The summed E-state index contributed by atoms with van der Waals surface area (Å²) in [5, 5.41) is 3.67. The number of H-pyrrole nitrogens is 1. The molecule has 1 aromatic heterocycles. The van der Waals surface area contributed by atoms with Gasteiger partial charge in [-0.2, -0.15) is 0 Å². The number of hydrogen-bond acceptors (Lipinski definition) is 4. The van der Waals surface area contributed by atoms with E-state index in [-0.39, 0.29) is 59.6 Å². The number of carbonyl (C=O) groups excluding carboxylic acids is 2. The number of aromatic amines is 1. The molecule has 240 valence electrons. The number of Topliss-reactive ketones (excluding diaryl/α,β-unsaturated/α-hetero) is 1. The number of amides is 1. The number of nitrogens with one attached hydrogen (secondary N) is 2. The number of rotatable bonds is 17. The monoisotopic (exact) mass is 616 g/mol. The molecule has 0 saturated heterocycles. The fourth-order valence-electron chi connectivity index (χ4n) is 5.02. The molecule has 0 spiro atoms. The minimum absolute atomic E-state index is 0. The van der Waals surface area contributed by atoms with Crippen molar-refractivity contribution < 1.29 is 44.6 Å². The molecule has 1 heterocycles. The summed E-state index contributed by atoms with van der Waals surface area (Å²) >= 11 is 0. The second-order valence-corrected chi connectivity index (χ2v) is 11.0. The first-order valence-electron chi connectivity index (χ1n) is 15.9. The van der Waals surface area contributed by atoms with Gasteiger partial charge in [0.25, 0.3) is 0 Å². The molecular weight excluding hydrogens is 559 g/mol. The Bertz CT molecular complexity index is 1270. The number of hydrogen-bond donors (Lipinski definition) is 2. The molecule has 3 rings (SSSR count). The molecule has 0 unspecified atom stereocenters. The number of para-hydroxylation sites is 2. The third-order valence-electron chi connectivity index (χ3n) is 7.61. The van der Waals surface area contributed by atoms with Crippen molar-refractivity contribution >= 4 is 28.3 Å². The third kappa shape index (κ3) is 15.7. The van der Waals surface area contributed by atoms with E-state index in [4.69, 9.17) is 0 Å². The zero-order chi connectivity index (χ0) is 29.9. The molecule has 2 aromatic carbocycles. The summed E-state index contributed by atoms with van der Waals surface area (Å²) in [5.41, 5.74) is 4.39. The number of anilines is 1. The van der Waals surface area contributed by atoms with E-state index in [0.717, 1.165) is 41.4 Å². The maximum atomic E-state index is 12.3. The predicted octanol–water partition coefficient (Wildman–Crippen LogP) is 7.17. The molecule has 7 heteroatoms. The van der Waals surface area contributed by atoms with Crippen LogP contribution < -0.4 is 40.3 Å². The number of benzene rings is 2. The molecule has 0 radical (unpaired) electrons. The zero-order valence-electron chi connectivity index (χ0n) is 27.4. The summed E-state index contributed by atoms with van der Waals surface area (Å²) in [6, 6.07) is 15.0. The van der Waals surface area contributed by atoms with Crippen LogP contribution in [0.4, 0.5) is 5.69 Å². The van der Waals surface area contributed by atoms with Crippen LogP contribution in [0.2, 0.25) is 0 Å². The van der Waals surface area contributed by atoms with Crippen molar-refractivity contribution in [1.29, 1.82) is 0 Å². The molecule has 0 aliphatic carbocycles. The van der Waals surface area contributed by atoms with E-state index in [2.05, 4.69) is 24.1 Å². The van der Waals surface area contributed by atoms with E-state index in [1.54, 1.807) is 12.1 Å². The summed E-state index contributed by atoms with van der Waals surface area (Å²) in [4.78, 5) is 39.5. The molecule has 1 amide bonds. The molecule has 0 fully saturated rings. The summed E-state index contributed by atoms with van der Waals surface area (Å²) in [5.74, 6) is 0.0623. The van der Waals surface area contributed by atoms with Crippen molar-refractivity contribution in [3.05, 3.63) is 75.6 Å². The van der Waals surface area contributed by atoms with Crippen LogP contribution in [0.1, 0.15) is 140 Å². The zero-order valence-corrected chi connectivity index (χ0v) is 29.4. The summed E-state index contributed by atoms with van der Waals surface area (Å²) in [6.07, 6.45) is 16.6. The maximum Gasteiger partial charge on any atom is 1.00 e. The Balaban J connectivity index is 0. The van der Waals surface area contributed by atoms with E-state index < -0.39 is 0 Å². The Labute approximate surface area is 288 Å². The average molecular weight is 617 g/mol. The molecule has 44 heavy (non-hydrogen) atoms. The van der Waals surface area contributed by atoms with Gasteiger partial charge in [-0.1, -0.05) is 117 Å². The van der Waals surface area contributed by atoms with Gasteiger partial charge in [0.2, 0.25) is 5.91 Å². The Morgan fingerprint density at radius 3 is 1.93 bits per heavy atom. The quantitative estimate of drug-likeness (QED) is 0.0952. The summed E-state index contributed by atoms with van der Waals surface area (Å²) in [6.45, 7) is 8.21. The molecule has 0 atom stereocenters. The fourth-order valence-corrected chi connectivity index (χ4v) is 5.02. The van der Waals surface area contributed by atoms with Crippen LogP contribution in [0.3, 0.4) is 0 Å². The van der Waals surface area contributed by atoms with E-state index in [9.17, 15) is 14.4 Å². The van der Waals surface area contributed by atoms with Crippen molar-refractivity contribution in [1.82, 2.24) is 4.98 Å². The van der Waals surface area contributed by atoms with Crippen molar-refractivity contribution in [2.24, 2.45) is 0 Å². The van der Waals surface area contributed by atoms with Crippen molar-refractivity contribution in [2.45, 2.75) is 131 Å². The first-order valence-corrected chi connectivity index (χ1v) is 15.9. The van der Waals surface area contributed by atoms with Crippen molar-refractivity contribution in [3.8, 4) is 0 Å². The molecule has 0 aliphatic heterocycles. The number of pyridine rings is 1. The third-order valence-corrected chi connectivity index (χ3v) is 7.61. The van der Waals surface area contributed by atoms with Gasteiger partial charge in [0, 0.05) is 40.6 Å². The predicted molar refractivity (Wildman–Crippen MR) is 183 cm³/mol. The van der Waals surface area contributed by atoms with Crippen LogP contribution in [-0.4, -0.2) is 22.2 Å². The van der Waals surface area contributed by atoms with Crippen LogP contribution in [0.5, 0.6) is 0 Å². The van der Waals surface area contributed by atoms with Gasteiger partial charge < -0.3 is 15.8 Å². The Kier molecular flexibility index (Phi) is 25.9. The number of fused-ring (bicyclic) bond motifs is 1. The molecular formula is C37H57N2NaO4. The molecule has 0 aliphatic rings. The van der Waals surface area contributed by atoms with Gasteiger partial charge in [0.1, 0.15) is 0 Å². The normalized spacial score (nSPS) is 10.0. The van der Waals surface area contributed by atoms with Gasteiger partial charge in [-0.15, -0.1) is 0 Å². The first kappa shape index (κ1) is 43.9. The van der Waals surface area contributed by atoms with Gasteiger partial charge in [-0.3, -0.25) is 14.4 Å². The van der Waals surface area contributed by atoms with Crippen LogP contribution in [0.15, 0.2) is 53.3 Å². The molecule has 3 N–H and O–H groups in total.